The van der Waals surface area contributed by atoms with Crippen LogP contribution in [0.1, 0.15) is 5.56 Å². The predicted molar refractivity (Wildman–Crippen MR) is 74.4 cm³/mol. The van der Waals surface area contributed by atoms with Gasteiger partial charge in [0.15, 0.2) is 0 Å². The number of hydrogen-bond donors (Lipinski definition) is 2. The molecule has 4 nitrogen and oxygen atoms in total. The van der Waals surface area contributed by atoms with Crippen LogP contribution in [0.2, 0.25) is 5.02 Å². The fraction of sp³-hybridized carbons (Fsp3) is 0.0909. The van der Waals surface area contributed by atoms with Crippen molar-refractivity contribution in [1.82, 2.24) is 9.97 Å². The number of nitrogens with one attached hydrogen (secondary N) is 1. The van der Waals surface area contributed by atoms with Crippen molar-refractivity contribution >= 4 is 34.2 Å². The Morgan fingerprint density at radius 3 is 2.76 bits per heavy atom. The lowest BCUT2D eigenvalue weighted by Crippen LogP contribution is -2.12. The van der Waals surface area contributed by atoms with Crippen molar-refractivity contribution in [2.75, 3.05) is 0 Å². The fourth-order valence-corrected chi connectivity index (χ4v) is 1.76. The van der Waals surface area contributed by atoms with Crippen LogP contribution < -0.4 is 5.56 Å². The van der Waals surface area contributed by atoms with Crippen LogP contribution in [-0.4, -0.2) is 15.1 Å². The first-order valence-electron chi connectivity index (χ1n) is 4.74. The molecule has 2 N–H and O–H groups in total. The maximum atomic E-state index is 11.5. The summed E-state index contributed by atoms with van der Waals surface area (Å²) in [6.45, 7) is 1.88. The van der Waals surface area contributed by atoms with E-state index in [1.54, 1.807) is 34.7 Å². The summed E-state index contributed by atoms with van der Waals surface area (Å²) in [5.74, 6) is 0.0239. The van der Waals surface area contributed by atoms with E-state index in [-0.39, 0.29) is 15.0 Å². The standard InChI is InChI=1S/C11H8ClIN2O2/c1-5-2-3-6(4-7(5)12)9-14-10(16)8(13)11(17)15-9/h2-4H,1H3,(H2,14,15,16,17). The third-order valence-corrected chi connectivity index (χ3v) is 3.67. The van der Waals surface area contributed by atoms with Gasteiger partial charge in [-0.1, -0.05) is 23.7 Å². The summed E-state index contributed by atoms with van der Waals surface area (Å²) in [5.41, 5.74) is 1.22. The van der Waals surface area contributed by atoms with E-state index in [1.807, 2.05) is 13.0 Å². The van der Waals surface area contributed by atoms with E-state index >= 15 is 0 Å². The minimum Gasteiger partial charge on any atom is -0.492 e. The number of rotatable bonds is 1. The van der Waals surface area contributed by atoms with E-state index in [4.69, 9.17) is 11.6 Å². The predicted octanol–water partition coefficient (Wildman–Crippen LogP) is 2.71. The molecule has 0 radical (unpaired) electrons. The van der Waals surface area contributed by atoms with Crippen molar-refractivity contribution in [3.63, 3.8) is 0 Å². The monoisotopic (exact) mass is 362 g/mol. The molecular weight excluding hydrogens is 354 g/mol. The van der Waals surface area contributed by atoms with E-state index in [1.165, 1.54) is 0 Å². The van der Waals surface area contributed by atoms with Crippen molar-refractivity contribution in [2.24, 2.45) is 0 Å². The third-order valence-electron chi connectivity index (χ3n) is 2.29. The Balaban J connectivity index is 2.61. The molecule has 0 unspecified atom stereocenters. The van der Waals surface area contributed by atoms with Crippen molar-refractivity contribution in [3.05, 3.63) is 42.7 Å². The van der Waals surface area contributed by atoms with Crippen LogP contribution in [0, 0.1) is 10.5 Å². The van der Waals surface area contributed by atoms with Gasteiger partial charge in [0.2, 0.25) is 5.88 Å². The summed E-state index contributed by atoms with van der Waals surface area (Å²) >= 11 is 7.73. The van der Waals surface area contributed by atoms with Crippen LogP contribution in [0.3, 0.4) is 0 Å². The van der Waals surface area contributed by atoms with E-state index in [0.717, 1.165) is 5.56 Å². The second-order valence-electron chi connectivity index (χ2n) is 3.52. The molecule has 0 saturated heterocycles. The molecule has 0 bridgehead atoms. The van der Waals surface area contributed by atoms with E-state index in [2.05, 4.69) is 9.97 Å². The number of aryl methyl sites for hydroxylation is 1. The average Bonchev–Trinajstić information content (AvgIpc) is 2.29. The summed E-state index contributed by atoms with van der Waals surface area (Å²) in [4.78, 5) is 18.0. The first-order chi connectivity index (χ1) is 7.99. The van der Waals surface area contributed by atoms with E-state index in [0.29, 0.717) is 16.4 Å². The molecule has 0 spiro atoms. The van der Waals surface area contributed by atoms with Crippen molar-refractivity contribution in [2.45, 2.75) is 6.92 Å². The molecule has 1 aromatic heterocycles. The zero-order valence-electron chi connectivity index (χ0n) is 8.79. The molecule has 2 aromatic rings. The number of H-pyrrole nitrogens is 1. The Morgan fingerprint density at radius 1 is 1.47 bits per heavy atom. The zero-order valence-corrected chi connectivity index (χ0v) is 11.7. The van der Waals surface area contributed by atoms with Crippen LogP contribution in [0.15, 0.2) is 23.0 Å². The lowest BCUT2D eigenvalue weighted by Gasteiger charge is -2.04. The van der Waals surface area contributed by atoms with Crippen molar-refractivity contribution < 1.29 is 5.11 Å². The van der Waals surface area contributed by atoms with Gasteiger partial charge in [0.1, 0.15) is 9.39 Å². The van der Waals surface area contributed by atoms with Crippen LogP contribution in [0.4, 0.5) is 0 Å². The summed E-state index contributed by atoms with van der Waals surface area (Å²) < 4.78 is 0.171. The fourth-order valence-electron chi connectivity index (χ4n) is 1.32. The van der Waals surface area contributed by atoms with E-state index < -0.39 is 0 Å². The second-order valence-corrected chi connectivity index (χ2v) is 5.00. The molecule has 0 amide bonds. The Labute approximate surface area is 116 Å². The lowest BCUT2D eigenvalue weighted by molar-refractivity contribution is 0.447. The van der Waals surface area contributed by atoms with Crippen LogP contribution in [0.25, 0.3) is 11.4 Å². The second kappa shape index (κ2) is 4.66. The largest absolute Gasteiger partial charge is 0.492 e. The number of aromatic hydroxyl groups is 1. The quantitative estimate of drug-likeness (QED) is 0.767. The molecule has 0 aliphatic heterocycles. The minimum absolute atomic E-state index is 0.171. The maximum Gasteiger partial charge on any atom is 0.268 e. The van der Waals surface area contributed by atoms with Crippen molar-refractivity contribution in [1.29, 1.82) is 0 Å². The Morgan fingerprint density at radius 2 is 2.18 bits per heavy atom. The smallest absolute Gasteiger partial charge is 0.268 e. The number of aromatic amines is 1. The van der Waals surface area contributed by atoms with Gasteiger partial charge in [0.05, 0.1) is 0 Å². The van der Waals surface area contributed by atoms with Gasteiger partial charge < -0.3 is 10.1 Å². The first kappa shape index (κ1) is 12.4. The van der Waals surface area contributed by atoms with Gasteiger partial charge in [0, 0.05) is 10.6 Å². The summed E-state index contributed by atoms with van der Waals surface area (Å²) in [5, 5.41) is 10.1. The zero-order chi connectivity index (χ0) is 12.6. The number of benzene rings is 1. The molecule has 1 heterocycles. The SMILES string of the molecule is Cc1ccc(-c2nc(O)c(I)c(=O)[nH]2)cc1Cl. The summed E-state index contributed by atoms with van der Waals surface area (Å²) in [7, 11) is 0. The molecule has 1 aromatic carbocycles. The molecule has 0 aliphatic carbocycles. The van der Waals surface area contributed by atoms with Gasteiger partial charge in [-0.2, -0.15) is 4.98 Å². The summed E-state index contributed by atoms with van der Waals surface area (Å²) in [6, 6.07) is 5.31. The summed E-state index contributed by atoms with van der Waals surface area (Å²) in [6.07, 6.45) is 0. The highest BCUT2D eigenvalue weighted by atomic mass is 127. The van der Waals surface area contributed by atoms with Gasteiger partial charge in [-0.25, -0.2) is 0 Å². The highest BCUT2D eigenvalue weighted by molar-refractivity contribution is 14.1. The Bertz CT molecular complexity index is 640. The molecule has 17 heavy (non-hydrogen) atoms. The number of aromatic nitrogens is 2. The molecule has 2 rings (SSSR count). The molecule has 0 saturated carbocycles. The van der Waals surface area contributed by atoms with Gasteiger partial charge in [-0.3, -0.25) is 4.79 Å². The van der Waals surface area contributed by atoms with Gasteiger partial charge >= 0.3 is 0 Å². The first-order valence-corrected chi connectivity index (χ1v) is 6.20. The number of halogens is 2. The molecule has 0 fully saturated rings. The molecular formula is C11H8ClIN2O2. The lowest BCUT2D eigenvalue weighted by atomic mass is 10.1. The normalized spacial score (nSPS) is 10.5. The van der Waals surface area contributed by atoms with Gasteiger partial charge in [-0.05, 0) is 41.1 Å². The van der Waals surface area contributed by atoms with Crippen molar-refractivity contribution in [3.8, 4) is 17.3 Å². The van der Waals surface area contributed by atoms with Crippen LogP contribution >= 0.6 is 34.2 Å². The number of hydrogen-bond acceptors (Lipinski definition) is 3. The van der Waals surface area contributed by atoms with Crippen LogP contribution in [-0.2, 0) is 0 Å². The average molecular weight is 363 g/mol. The molecule has 0 aliphatic rings. The highest BCUT2D eigenvalue weighted by Gasteiger charge is 2.09. The van der Waals surface area contributed by atoms with Crippen LogP contribution in [0.5, 0.6) is 5.88 Å². The third kappa shape index (κ3) is 2.44. The Kier molecular flexibility index (Phi) is 3.39. The number of nitrogens with zero attached hydrogens (tertiary/aromatic N) is 1. The molecule has 0 atom stereocenters. The maximum absolute atomic E-state index is 11.5. The van der Waals surface area contributed by atoms with Gasteiger partial charge in [0.25, 0.3) is 5.56 Å². The minimum atomic E-state index is -0.371. The topological polar surface area (TPSA) is 66.0 Å². The highest BCUT2D eigenvalue weighted by Crippen LogP contribution is 2.23. The molecule has 6 heteroatoms. The molecule has 88 valence electrons. The van der Waals surface area contributed by atoms with Gasteiger partial charge in [-0.15, -0.1) is 0 Å². The van der Waals surface area contributed by atoms with E-state index in [9.17, 15) is 9.90 Å². The Hall–Kier alpha value is -1.08.